The molecule has 1 aromatic carbocycles. The zero-order chi connectivity index (χ0) is 22.6. The van der Waals surface area contributed by atoms with Crippen molar-refractivity contribution >= 4 is 23.1 Å². The van der Waals surface area contributed by atoms with Crippen molar-refractivity contribution in [2.24, 2.45) is 9.98 Å². The molecule has 0 atom stereocenters. The standard InChI is InChI=1S/C24H27N5O4/c1-31-20-5-4-18-22(23(20)33-14-11-28-9-12-32-13-10-28)27-21(29-8-7-26-24(18)29)15-19(30)17-3-2-6-25-16-17/h2-6,15-16,30H,7-14H2,1H3/b19-15-. The summed E-state index contributed by atoms with van der Waals surface area (Å²) in [6.07, 6.45) is 4.94. The first-order chi connectivity index (χ1) is 16.2. The molecule has 0 saturated carbocycles. The smallest absolute Gasteiger partial charge is 0.187 e. The Hall–Kier alpha value is -3.43. The summed E-state index contributed by atoms with van der Waals surface area (Å²) < 4.78 is 17.3. The number of aliphatic imine (C=N–C) groups is 2. The highest BCUT2D eigenvalue weighted by Gasteiger charge is 2.32. The van der Waals surface area contributed by atoms with E-state index in [4.69, 9.17) is 24.2 Å². The molecule has 4 heterocycles. The van der Waals surface area contributed by atoms with E-state index in [1.807, 2.05) is 17.0 Å². The number of benzene rings is 1. The second kappa shape index (κ2) is 9.60. The van der Waals surface area contributed by atoms with Gasteiger partial charge in [0.25, 0.3) is 0 Å². The molecule has 3 aliphatic rings. The van der Waals surface area contributed by atoms with E-state index in [0.717, 1.165) is 44.2 Å². The van der Waals surface area contributed by atoms with Gasteiger partial charge in [-0.1, -0.05) is 0 Å². The normalized spacial score (nSPS) is 18.3. The molecule has 0 unspecified atom stereocenters. The summed E-state index contributed by atoms with van der Waals surface area (Å²) in [5, 5.41) is 10.7. The minimum Gasteiger partial charge on any atom is -0.507 e. The topological polar surface area (TPSA) is 92.0 Å². The van der Waals surface area contributed by atoms with E-state index in [0.29, 0.717) is 48.3 Å². The number of aliphatic hydroxyl groups excluding tert-OH is 1. The van der Waals surface area contributed by atoms with Crippen molar-refractivity contribution in [3.8, 4) is 11.5 Å². The van der Waals surface area contributed by atoms with E-state index < -0.39 is 0 Å². The largest absolute Gasteiger partial charge is 0.507 e. The highest BCUT2D eigenvalue weighted by molar-refractivity contribution is 6.20. The summed E-state index contributed by atoms with van der Waals surface area (Å²) in [4.78, 5) is 18.0. The van der Waals surface area contributed by atoms with Crippen LogP contribution in [-0.2, 0) is 4.74 Å². The van der Waals surface area contributed by atoms with Crippen molar-refractivity contribution in [1.82, 2.24) is 14.8 Å². The second-order valence-corrected chi connectivity index (χ2v) is 7.89. The number of amidine groups is 2. The van der Waals surface area contributed by atoms with Gasteiger partial charge < -0.3 is 24.2 Å². The van der Waals surface area contributed by atoms with Crippen LogP contribution in [0.1, 0.15) is 11.1 Å². The molecule has 33 heavy (non-hydrogen) atoms. The molecule has 0 spiro atoms. The summed E-state index contributed by atoms with van der Waals surface area (Å²) in [6, 6.07) is 7.44. The molecular weight excluding hydrogens is 422 g/mol. The van der Waals surface area contributed by atoms with Crippen molar-refractivity contribution < 1.29 is 19.3 Å². The Balaban J connectivity index is 1.48. The number of aliphatic hydroxyl groups is 1. The zero-order valence-electron chi connectivity index (χ0n) is 18.6. The van der Waals surface area contributed by atoms with Crippen molar-refractivity contribution in [2.45, 2.75) is 0 Å². The third-order valence-corrected chi connectivity index (χ3v) is 5.88. The minimum atomic E-state index is 0.0919. The van der Waals surface area contributed by atoms with Gasteiger partial charge in [-0.25, -0.2) is 4.99 Å². The number of morpholine rings is 1. The van der Waals surface area contributed by atoms with Crippen molar-refractivity contribution in [2.75, 3.05) is 59.7 Å². The first kappa shape index (κ1) is 21.4. The number of pyridine rings is 1. The minimum absolute atomic E-state index is 0.0919. The first-order valence-electron chi connectivity index (χ1n) is 11.1. The number of ether oxygens (including phenoxy) is 3. The van der Waals surface area contributed by atoms with Gasteiger partial charge >= 0.3 is 0 Å². The van der Waals surface area contributed by atoms with E-state index in [2.05, 4.69) is 9.88 Å². The number of nitrogens with zero attached hydrogens (tertiary/aromatic N) is 5. The Morgan fingerprint density at radius 3 is 2.88 bits per heavy atom. The molecule has 2 aromatic rings. The maximum absolute atomic E-state index is 10.7. The predicted molar refractivity (Wildman–Crippen MR) is 126 cm³/mol. The number of methoxy groups -OCH3 is 1. The number of fused-ring (bicyclic) bond motifs is 3. The lowest BCUT2D eigenvalue weighted by Crippen LogP contribution is -2.38. The molecule has 5 rings (SSSR count). The molecule has 0 radical (unpaired) electrons. The molecule has 0 aliphatic carbocycles. The van der Waals surface area contributed by atoms with Gasteiger partial charge in [-0.3, -0.25) is 14.9 Å². The Morgan fingerprint density at radius 1 is 1.21 bits per heavy atom. The maximum Gasteiger partial charge on any atom is 0.187 e. The fourth-order valence-corrected chi connectivity index (χ4v) is 4.15. The summed E-state index contributed by atoms with van der Waals surface area (Å²) in [7, 11) is 1.62. The Labute approximate surface area is 192 Å². The lowest BCUT2D eigenvalue weighted by atomic mass is 10.1. The molecule has 172 valence electrons. The molecule has 1 saturated heterocycles. The molecule has 9 nitrogen and oxygen atoms in total. The van der Waals surface area contributed by atoms with Crippen LogP contribution in [0.2, 0.25) is 0 Å². The molecule has 0 bridgehead atoms. The van der Waals surface area contributed by atoms with Crippen molar-refractivity contribution in [3.05, 3.63) is 53.9 Å². The maximum atomic E-state index is 10.7. The van der Waals surface area contributed by atoms with E-state index in [1.54, 1.807) is 37.7 Å². The molecular formula is C24H27N5O4. The predicted octanol–water partition coefficient (Wildman–Crippen LogP) is 2.51. The van der Waals surface area contributed by atoms with Crippen LogP contribution in [0.3, 0.4) is 0 Å². The third kappa shape index (κ3) is 4.42. The lowest BCUT2D eigenvalue weighted by Gasteiger charge is -2.29. The summed E-state index contributed by atoms with van der Waals surface area (Å²) >= 11 is 0. The van der Waals surface area contributed by atoms with Crippen LogP contribution in [0.25, 0.3) is 5.76 Å². The molecule has 0 amide bonds. The van der Waals surface area contributed by atoms with Gasteiger partial charge in [-0.2, -0.15) is 0 Å². The fraction of sp³-hybridized carbons (Fsp3) is 0.375. The highest BCUT2D eigenvalue weighted by Crippen LogP contribution is 2.43. The molecule has 1 aromatic heterocycles. The lowest BCUT2D eigenvalue weighted by molar-refractivity contribution is 0.0321. The average molecular weight is 450 g/mol. The Bertz CT molecular complexity index is 1090. The van der Waals surface area contributed by atoms with Crippen LogP contribution in [0.4, 0.5) is 5.69 Å². The van der Waals surface area contributed by atoms with Crippen molar-refractivity contribution in [1.29, 1.82) is 0 Å². The Kier molecular flexibility index (Phi) is 6.23. The summed E-state index contributed by atoms with van der Waals surface area (Å²) in [6.45, 7) is 5.96. The van der Waals surface area contributed by atoms with E-state index in [-0.39, 0.29) is 5.76 Å². The SMILES string of the molecule is COc1ccc2c(c1OCCN1CCOCC1)N=C(/C=C(\O)c1cccnc1)N1CCN=C21. The second-order valence-electron chi connectivity index (χ2n) is 7.89. The van der Waals surface area contributed by atoms with Gasteiger partial charge in [0.05, 0.1) is 26.9 Å². The number of hydrogen-bond donors (Lipinski definition) is 1. The monoisotopic (exact) mass is 449 g/mol. The number of rotatable bonds is 7. The zero-order valence-corrected chi connectivity index (χ0v) is 18.6. The number of aromatic nitrogens is 1. The molecule has 1 fully saturated rings. The average Bonchev–Trinajstić information content (AvgIpc) is 3.36. The van der Waals surface area contributed by atoms with Gasteiger partial charge in [-0.15, -0.1) is 0 Å². The van der Waals surface area contributed by atoms with Gasteiger partial charge in [0.2, 0.25) is 0 Å². The van der Waals surface area contributed by atoms with Crippen molar-refractivity contribution in [3.63, 3.8) is 0 Å². The summed E-state index contributed by atoms with van der Waals surface area (Å²) in [5.74, 6) is 2.72. The van der Waals surface area contributed by atoms with Crippen LogP contribution in [0.15, 0.2) is 52.7 Å². The fourth-order valence-electron chi connectivity index (χ4n) is 4.15. The van der Waals surface area contributed by atoms with Gasteiger partial charge in [0, 0.05) is 55.8 Å². The van der Waals surface area contributed by atoms with Gasteiger partial charge in [0.1, 0.15) is 29.7 Å². The quantitative estimate of drug-likeness (QED) is 0.650. The molecule has 1 N–H and O–H groups in total. The number of hydrogen-bond acceptors (Lipinski definition) is 9. The highest BCUT2D eigenvalue weighted by atomic mass is 16.5. The van der Waals surface area contributed by atoms with Crippen LogP contribution in [0, 0.1) is 0 Å². The van der Waals surface area contributed by atoms with Gasteiger partial charge in [0.15, 0.2) is 11.5 Å². The summed E-state index contributed by atoms with van der Waals surface area (Å²) in [5.41, 5.74) is 2.18. The first-order valence-corrected chi connectivity index (χ1v) is 11.1. The molecule has 9 heteroatoms. The van der Waals surface area contributed by atoms with E-state index in [9.17, 15) is 5.11 Å². The Morgan fingerprint density at radius 2 is 2.09 bits per heavy atom. The van der Waals surface area contributed by atoms with E-state index >= 15 is 0 Å². The van der Waals surface area contributed by atoms with Crippen LogP contribution >= 0.6 is 0 Å². The molecule has 3 aliphatic heterocycles. The van der Waals surface area contributed by atoms with Crippen LogP contribution < -0.4 is 9.47 Å². The van der Waals surface area contributed by atoms with Gasteiger partial charge in [-0.05, 0) is 24.3 Å². The van der Waals surface area contributed by atoms with Crippen LogP contribution in [0.5, 0.6) is 11.5 Å². The van der Waals surface area contributed by atoms with Crippen LogP contribution in [-0.4, -0.2) is 91.2 Å². The third-order valence-electron chi connectivity index (χ3n) is 5.88. The van der Waals surface area contributed by atoms with E-state index in [1.165, 1.54) is 0 Å².